The first-order valence-corrected chi connectivity index (χ1v) is 17.8. The Morgan fingerprint density at radius 2 is 1.44 bits per heavy atom. The van der Waals surface area contributed by atoms with Gasteiger partial charge in [-0.15, -0.1) is 6.58 Å². The highest BCUT2D eigenvalue weighted by atomic mass is 16.8. The third-order valence-corrected chi connectivity index (χ3v) is 11.0. The van der Waals surface area contributed by atoms with Gasteiger partial charge in [0.2, 0.25) is 18.3 Å². The molecule has 310 valence electrons. The van der Waals surface area contributed by atoms with Crippen molar-refractivity contribution >= 4 is 17.7 Å². The quantitative estimate of drug-likeness (QED) is 0.0639. The van der Waals surface area contributed by atoms with Gasteiger partial charge in [-0.1, -0.05) is 13.0 Å². The van der Waals surface area contributed by atoms with Crippen molar-refractivity contribution in [2.24, 2.45) is 29.6 Å². The van der Waals surface area contributed by atoms with E-state index in [1.165, 1.54) is 12.2 Å². The summed E-state index contributed by atoms with van der Waals surface area (Å²) < 4.78 is 45.1. The summed E-state index contributed by atoms with van der Waals surface area (Å²) in [7, 11) is 1.13. The van der Waals surface area contributed by atoms with Crippen molar-refractivity contribution < 1.29 is 98.2 Å². The predicted molar refractivity (Wildman–Crippen MR) is 177 cm³/mol. The van der Waals surface area contributed by atoms with Gasteiger partial charge in [0, 0.05) is 23.7 Å². The lowest BCUT2D eigenvalue weighted by Crippen LogP contribution is -2.60. The summed E-state index contributed by atoms with van der Waals surface area (Å²) in [6.45, 7) is 5.21. The maximum absolute atomic E-state index is 14.0. The number of carbonyl (C=O) groups excluding carboxylic acids is 3. The smallest absolute Gasteiger partial charge is 0.373 e. The number of methoxy groups -OCH3 is 1. The zero-order chi connectivity index (χ0) is 40.5. The van der Waals surface area contributed by atoms with Crippen LogP contribution in [0, 0.1) is 29.6 Å². The molecular formula is C35H50O20. The van der Waals surface area contributed by atoms with Gasteiger partial charge < -0.3 is 83.9 Å². The Labute approximate surface area is 315 Å². The van der Waals surface area contributed by atoms with Gasteiger partial charge in [-0.05, 0) is 31.8 Å². The Hall–Kier alpha value is -3.09. The van der Waals surface area contributed by atoms with Gasteiger partial charge >= 0.3 is 11.9 Å². The Morgan fingerprint density at radius 3 is 1.95 bits per heavy atom. The molecule has 5 rings (SSSR count). The van der Waals surface area contributed by atoms with Gasteiger partial charge in [0.1, 0.15) is 61.0 Å². The molecule has 2 saturated heterocycles. The Bertz CT molecular complexity index is 1450. The normalized spacial score (nSPS) is 43.4. The van der Waals surface area contributed by atoms with Crippen molar-refractivity contribution in [2.45, 2.75) is 113 Å². The average molecular weight is 791 g/mol. The van der Waals surface area contributed by atoms with E-state index >= 15 is 0 Å². The summed E-state index contributed by atoms with van der Waals surface area (Å²) in [5.41, 5.74) is -0.128. The number of fused-ring (bicyclic) bond motifs is 1. The van der Waals surface area contributed by atoms with Gasteiger partial charge in [0.15, 0.2) is 18.4 Å². The van der Waals surface area contributed by atoms with Crippen LogP contribution >= 0.6 is 0 Å². The average Bonchev–Trinajstić information content (AvgIpc) is 3.48. The van der Waals surface area contributed by atoms with E-state index in [9.17, 15) is 60.3 Å². The molecule has 19 atom stereocenters. The van der Waals surface area contributed by atoms with Crippen LogP contribution in [0.1, 0.15) is 26.7 Å². The zero-order valence-electron chi connectivity index (χ0n) is 30.3. The van der Waals surface area contributed by atoms with Crippen LogP contribution in [0.5, 0.6) is 0 Å². The number of ether oxygens (including phenoxy) is 8. The third-order valence-electron chi connectivity index (χ3n) is 11.0. The Kier molecular flexibility index (Phi) is 14.1. The molecule has 0 aromatic carbocycles. The lowest BCUT2D eigenvalue weighted by atomic mass is 9.79. The number of Topliss-reactive ketones (excluding diaryl/α,β-unsaturated/α-hetero) is 1. The van der Waals surface area contributed by atoms with E-state index in [4.69, 9.17) is 37.9 Å². The van der Waals surface area contributed by atoms with E-state index in [1.807, 2.05) is 0 Å². The first kappa shape index (κ1) is 43.0. The zero-order valence-corrected chi connectivity index (χ0v) is 30.3. The fourth-order valence-electron chi connectivity index (χ4n) is 7.67. The minimum Gasteiger partial charge on any atom is -0.471 e. The van der Waals surface area contributed by atoms with Gasteiger partial charge in [-0.25, -0.2) is 9.59 Å². The van der Waals surface area contributed by atoms with Crippen LogP contribution in [-0.2, 0) is 52.3 Å². The van der Waals surface area contributed by atoms with Crippen LogP contribution in [0.2, 0.25) is 0 Å². The molecular weight excluding hydrogens is 740 g/mol. The summed E-state index contributed by atoms with van der Waals surface area (Å²) in [6, 6.07) is 0. The van der Waals surface area contributed by atoms with Crippen LogP contribution in [0.3, 0.4) is 0 Å². The highest BCUT2D eigenvalue weighted by Crippen LogP contribution is 2.48. The minimum absolute atomic E-state index is 0.124. The molecule has 0 aromatic rings. The van der Waals surface area contributed by atoms with Gasteiger partial charge in [-0.3, -0.25) is 4.79 Å². The molecule has 5 aliphatic rings. The standard InChI is InChI=1S/C35H50O20/c1-5-15-16(8-18(39)13(3)38)17(11-49-32(15)54-34-28(44)26(42)24(40)21(9-36)52-34)30(46)50-19-6-14-7-20(31(47)48-4)51-33(23(14)12(19)2)55-35-29(45)27(43)25(41)22(10-37)53-35/h5,7,11-12,14-16,18-19,21-29,32-37,39-45H,1,6,8-10H2,2-4H3/t12-,14+,15-,16-,18+,19-,21-,22-,23+,24-,25-,26+,27+,28-,29-,32+,33+,34+,35+/m0/s1. The van der Waals surface area contributed by atoms with E-state index in [0.29, 0.717) is 0 Å². The number of ketones is 1. The Morgan fingerprint density at radius 1 is 0.873 bits per heavy atom. The molecule has 20 nitrogen and oxygen atoms in total. The second-order valence-corrected chi connectivity index (χ2v) is 14.3. The lowest BCUT2D eigenvalue weighted by molar-refractivity contribution is -0.344. The molecule has 20 heteroatoms. The molecule has 0 unspecified atom stereocenters. The highest BCUT2D eigenvalue weighted by molar-refractivity contribution is 5.89. The van der Waals surface area contributed by atoms with Crippen LogP contribution in [0.25, 0.3) is 0 Å². The topological polar surface area (TPSA) is 307 Å². The van der Waals surface area contributed by atoms with Crippen molar-refractivity contribution in [1.29, 1.82) is 0 Å². The molecule has 3 fully saturated rings. The van der Waals surface area contributed by atoms with Crippen LogP contribution in [0.4, 0.5) is 0 Å². The number of hydrogen-bond acceptors (Lipinski definition) is 20. The lowest BCUT2D eigenvalue weighted by Gasteiger charge is -2.43. The number of allylic oxidation sites excluding steroid dienone is 1. The first-order valence-electron chi connectivity index (χ1n) is 17.8. The number of aliphatic hydroxyl groups is 9. The maximum Gasteiger partial charge on any atom is 0.373 e. The van der Waals surface area contributed by atoms with Crippen molar-refractivity contribution in [3.63, 3.8) is 0 Å². The fraction of sp³-hybridized carbons (Fsp3) is 0.743. The van der Waals surface area contributed by atoms with Crippen molar-refractivity contribution in [1.82, 2.24) is 0 Å². The third kappa shape index (κ3) is 8.76. The first-order chi connectivity index (χ1) is 26.1. The summed E-state index contributed by atoms with van der Waals surface area (Å²) in [4.78, 5) is 38.7. The molecule has 0 radical (unpaired) electrons. The summed E-state index contributed by atoms with van der Waals surface area (Å²) in [5, 5.41) is 91.9. The predicted octanol–water partition coefficient (Wildman–Crippen LogP) is -3.78. The highest BCUT2D eigenvalue weighted by Gasteiger charge is 2.54. The summed E-state index contributed by atoms with van der Waals surface area (Å²) in [6.07, 6.45) is -17.8. The van der Waals surface area contributed by atoms with E-state index < -0.39 is 147 Å². The van der Waals surface area contributed by atoms with Crippen LogP contribution < -0.4 is 0 Å². The largest absolute Gasteiger partial charge is 0.471 e. The minimum atomic E-state index is -1.79. The van der Waals surface area contributed by atoms with Crippen molar-refractivity contribution in [3.05, 3.63) is 36.3 Å². The molecule has 0 spiro atoms. The number of hydrogen-bond donors (Lipinski definition) is 9. The fourth-order valence-corrected chi connectivity index (χ4v) is 7.67. The molecule has 0 bridgehead atoms. The van der Waals surface area contributed by atoms with Gasteiger partial charge in [0.05, 0.1) is 32.2 Å². The molecule has 55 heavy (non-hydrogen) atoms. The van der Waals surface area contributed by atoms with E-state index in [-0.39, 0.29) is 24.2 Å². The molecule has 4 heterocycles. The van der Waals surface area contributed by atoms with Crippen molar-refractivity contribution in [2.75, 3.05) is 20.3 Å². The monoisotopic (exact) mass is 790 g/mol. The summed E-state index contributed by atoms with van der Waals surface area (Å²) in [5.74, 6) is -6.48. The number of esters is 2. The molecule has 1 saturated carbocycles. The molecule has 1 aliphatic carbocycles. The number of carbonyl (C=O) groups is 3. The second-order valence-electron chi connectivity index (χ2n) is 14.3. The van der Waals surface area contributed by atoms with E-state index in [2.05, 4.69) is 6.58 Å². The molecule has 0 amide bonds. The van der Waals surface area contributed by atoms with E-state index in [0.717, 1.165) is 20.3 Å². The van der Waals surface area contributed by atoms with E-state index in [1.54, 1.807) is 6.92 Å². The molecule has 4 aliphatic heterocycles. The molecule has 0 aromatic heterocycles. The number of rotatable bonds is 13. The SMILES string of the molecule is C=C[C@@H]1[C@@H](O[C@H]2O[C@@H](CO)[C@H](O)[C@@H](O)[C@@H]2O)OC=C(C(=O)O[C@H]2C[C@@H]3C=C(C(=O)OC)O[C@H](O[C@H]4O[C@@H](CO)[C@H](O)[C@@H](O)[C@@H]4O)[C@@H]3[C@H]2C)[C@H]1C[C@@H](O)C(C)=O. The van der Waals surface area contributed by atoms with Crippen LogP contribution in [0.15, 0.2) is 36.3 Å². The number of aliphatic hydroxyl groups excluding tert-OH is 9. The maximum atomic E-state index is 14.0. The second kappa shape index (κ2) is 18.0. The molecule has 9 N–H and O–H groups in total. The summed E-state index contributed by atoms with van der Waals surface area (Å²) >= 11 is 0. The van der Waals surface area contributed by atoms with Gasteiger partial charge in [-0.2, -0.15) is 0 Å². The van der Waals surface area contributed by atoms with Gasteiger partial charge in [0.25, 0.3) is 0 Å². The van der Waals surface area contributed by atoms with Crippen molar-refractivity contribution in [3.8, 4) is 0 Å². The van der Waals surface area contributed by atoms with Crippen LogP contribution in [-0.4, -0.2) is 170 Å². The Balaban J connectivity index is 1.37.